The van der Waals surface area contributed by atoms with Crippen LogP contribution in [0.3, 0.4) is 0 Å². The van der Waals surface area contributed by atoms with Crippen LogP contribution in [0.1, 0.15) is 22.2 Å². The Balaban J connectivity index is 2.12. The third-order valence-corrected chi connectivity index (χ3v) is 3.75. The molecule has 0 unspecified atom stereocenters. The minimum Gasteiger partial charge on any atom is -0.397 e. The summed E-state index contributed by atoms with van der Waals surface area (Å²) in [5.74, 6) is -1.09. The van der Waals surface area contributed by atoms with Crippen molar-refractivity contribution in [3.8, 4) is 0 Å². The molecule has 0 amide bonds. The minimum atomic E-state index is -0.492. The Bertz CT molecular complexity index is 625. The van der Waals surface area contributed by atoms with Gasteiger partial charge in [-0.05, 0) is 24.3 Å². The van der Waals surface area contributed by atoms with Gasteiger partial charge in [0.2, 0.25) is 0 Å². The Kier molecular flexibility index (Phi) is 3.80. The molecular formula is C13H12F2N2OS. The van der Waals surface area contributed by atoms with Crippen molar-refractivity contribution >= 4 is 27.8 Å². The van der Waals surface area contributed by atoms with Gasteiger partial charge in [0.1, 0.15) is 11.6 Å². The fourth-order valence-electron chi connectivity index (χ4n) is 1.63. The molecule has 0 saturated carbocycles. The first kappa shape index (κ1) is 13.5. The highest BCUT2D eigenvalue weighted by Crippen LogP contribution is 2.30. The number of nitrogens with one attached hydrogen (secondary N) is 1. The van der Waals surface area contributed by atoms with E-state index in [1.165, 1.54) is 18.3 Å². The van der Waals surface area contributed by atoms with Gasteiger partial charge in [-0.25, -0.2) is 8.78 Å². The molecule has 1 aromatic carbocycles. The Morgan fingerprint density at radius 1 is 1.37 bits per heavy atom. The molecule has 2 aromatic rings. The Morgan fingerprint density at radius 2 is 2.11 bits per heavy atom. The quantitative estimate of drug-likeness (QED) is 0.845. The number of carbonyl (C=O) groups is 1. The first-order valence-corrected chi connectivity index (χ1v) is 6.37. The first-order chi connectivity index (χ1) is 8.97. The lowest BCUT2D eigenvalue weighted by Gasteiger charge is -2.05. The number of benzene rings is 1. The van der Waals surface area contributed by atoms with E-state index in [-0.39, 0.29) is 17.9 Å². The van der Waals surface area contributed by atoms with Gasteiger partial charge in [-0.2, -0.15) is 0 Å². The maximum atomic E-state index is 13.4. The number of Topliss-reactive ketones (excluding diaryl/α,β-unsaturated/α-hetero) is 1. The largest absolute Gasteiger partial charge is 0.397 e. The smallest absolute Gasteiger partial charge is 0.171 e. The second kappa shape index (κ2) is 5.36. The number of hydrogen-bond acceptors (Lipinski definition) is 4. The molecule has 0 atom stereocenters. The topological polar surface area (TPSA) is 55.1 Å². The zero-order valence-corrected chi connectivity index (χ0v) is 11.0. The number of anilines is 2. The summed E-state index contributed by atoms with van der Waals surface area (Å²) in [4.78, 5) is 11.7. The summed E-state index contributed by atoms with van der Waals surface area (Å²) in [6.45, 7) is 1.55. The van der Waals surface area contributed by atoms with Crippen molar-refractivity contribution < 1.29 is 13.6 Å². The van der Waals surface area contributed by atoms with Gasteiger partial charge in [0.05, 0.1) is 15.6 Å². The molecular weight excluding hydrogens is 270 g/mol. The van der Waals surface area contributed by atoms with Crippen LogP contribution in [0.4, 0.5) is 19.5 Å². The van der Waals surface area contributed by atoms with Crippen LogP contribution in [0.15, 0.2) is 24.3 Å². The number of hydrogen-bond donors (Lipinski definition) is 2. The summed E-state index contributed by atoms with van der Waals surface area (Å²) in [5.41, 5.74) is 6.29. The molecule has 0 aliphatic rings. The van der Waals surface area contributed by atoms with E-state index in [1.54, 1.807) is 6.07 Å². The SMILES string of the molecule is CC(=O)c1sc(NCc2cc(F)ccc2F)cc1N. The molecule has 0 saturated heterocycles. The predicted octanol–water partition coefficient (Wildman–Crippen LogP) is 3.42. The number of halogens is 2. The van der Waals surface area contributed by atoms with Gasteiger partial charge < -0.3 is 11.1 Å². The normalized spacial score (nSPS) is 10.5. The lowest BCUT2D eigenvalue weighted by Crippen LogP contribution is -2.01. The molecule has 0 spiro atoms. The average molecular weight is 282 g/mol. The first-order valence-electron chi connectivity index (χ1n) is 5.55. The number of rotatable bonds is 4. The van der Waals surface area contributed by atoms with E-state index in [9.17, 15) is 13.6 Å². The summed E-state index contributed by atoms with van der Waals surface area (Å²) < 4.78 is 26.4. The zero-order valence-electron chi connectivity index (χ0n) is 10.2. The summed E-state index contributed by atoms with van der Waals surface area (Å²) >= 11 is 1.20. The molecule has 1 aromatic heterocycles. The highest BCUT2D eigenvalue weighted by atomic mass is 32.1. The van der Waals surface area contributed by atoms with Crippen molar-refractivity contribution in [2.75, 3.05) is 11.1 Å². The number of ketones is 1. The molecule has 0 bridgehead atoms. The predicted molar refractivity (Wildman–Crippen MR) is 72.4 cm³/mol. The number of nitrogen functional groups attached to an aromatic ring is 1. The van der Waals surface area contributed by atoms with Crippen molar-refractivity contribution in [3.05, 3.63) is 46.3 Å². The van der Waals surface area contributed by atoms with Crippen molar-refractivity contribution in [2.24, 2.45) is 0 Å². The van der Waals surface area contributed by atoms with E-state index >= 15 is 0 Å². The molecule has 6 heteroatoms. The maximum absolute atomic E-state index is 13.4. The van der Waals surface area contributed by atoms with Crippen LogP contribution in [0.25, 0.3) is 0 Å². The van der Waals surface area contributed by atoms with E-state index in [2.05, 4.69) is 5.32 Å². The Morgan fingerprint density at radius 3 is 2.74 bits per heavy atom. The summed E-state index contributed by atoms with van der Waals surface area (Å²) in [6.07, 6.45) is 0. The number of thiophene rings is 1. The molecule has 1 heterocycles. The van der Waals surface area contributed by atoms with E-state index in [0.29, 0.717) is 15.6 Å². The fourth-order valence-corrected chi connectivity index (χ4v) is 2.50. The monoisotopic (exact) mass is 282 g/mol. The van der Waals surface area contributed by atoms with Gasteiger partial charge in [-0.3, -0.25) is 4.79 Å². The third kappa shape index (κ3) is 3.08. The van der Waals surface area contributed by atoms with Gasteiger partial charge >= 0.3 is 0 Å². The molecule has 0 radical (unpaired) electrons. The molecule has 0 aliphatic heterocycles. The van der Waals surface area contributed by atoms with E-state index in [4.69, 9.17) is 5.73 Å². The van der Waals surface area contributed by atoms with E-state index < -0.39 is 11.6 Å². The van der Waals surface area contributed by atoms with Crippen LogP contribution in [-0.4, -0.2) is 5.78 Å². The van der Waals surface area contributed by atoms with Crippen LogP contribution in [0.5, 0.6) is 0 Å². The number of carbonyl (C=O) groups excluding carboxylic acids is 1. The minimum absolute atomic E-state index is 0.118. The van der Waals surface area contributed by atoms with Gasteiger partial charge in [0.25, 0.3) is 0 Å². The Hall–Kier alpha value is -1.95. The lowest BCUT2D eigenvalue weighted by molar-refractivity contribution is 0.102. The van der Waals surface area contributed by atoms with Gasteiger partial charge in [-0.15, -0.1) is 11.3 Å². The molecule has 0 aliphatic carbocycles. The van der Waals surface area contributed by atoms with Gasteiger partial charge in [0.15, 0.2) is 5.78 Å². The molecule has 3 nitrogen and oxygen atoms in total. The third-order valence-electron chi connectivity index (χ3n) is 2.54. The van der Waals surface area contributed by atoms with E-state index in [1.807, 2.05) is 0 Å². The molecule has 0 fully saturated rings. The van der Waals surface area contributed by atoms with Crippen molar-refractivity contribution in [1.82, 2.24) is 0 Å². The second-order valence-corrected chi connectivity index (χ2v) is 5.09. The second-order valence-electron chi connectivity index (χ2n) is 4.04. The van der Waals surface area contributed by atoms with Crippen molar-refractivity contribution in [2.45, 2.75) is 13.5 Å². The van der Waals surface area contributed by atoms with Crippen LogP contribution in [0, 0.1) is 11.6 Å². The standard InChI is InChI=1S/C13H12F2N2OS/c1-7(18)13-11(16)5-12(19-13)17-6-8-4-9(14)2-3-10(8)15/h2-5,17H,6,16H2,1H3. The van der Waals surface area contributed by atoms with Crippen LogP contribution < -0.4 is 11.1 Å². The fraction of sp³-hybridized carbons (Fsp3) is 0.154. The van der Waals surface area contributed by atoms with Crippen LogP contribution in [-0.2, 0) is 6.54 Å². The summed E-state index contributed by atoms with van der Waals surface area (Å²) in [5, 5.41) is 3.57. The van der Waals surface area contributed by atoms with Crippen molar-refractivity contribution in [3.63, 3.8) is 0 Å². The highest BCUT2D eigenvalue weighted by molar-refractivity contribution is 7.18. The maximum Gasteiger partial charge on any atom is 0.171 e. The molecule has 19 heavy (non-hydrogen) atoms. The lowest BCUT2D eigenvalue weighted by atomic mass is 10.2. The highest BCUT2D eigenvalue weighted by Gasteiger charge is 2.11. The van der Waals surface area contributed by atoms with Crippen molar-refractivity contribution in [1.29, 1.82) is 0 Å². The zero-order chi connectivity index (χ0) is 14.0. The Labute approximate surface area is 113 Å². The van der Waals surface area contributed by atoms with Crippen LogP contribution in [0.2, 0.25) is 0 Å². The molecule has 100 valence electrons. The average Bonchev–Trinajstić information content (AvgIpc) is 2.72. The van der Waals surface area contributed by atoms with Crippen LogP contribution >= 0.6 is 11.3 Å². The van der Waals surface area contributed by atoms with Gasteiger partial charge in [-0.1, -0.05) is 0 Å². The van der Waals surface area contributed by atoms with E-state index in [0.717, 1.165) is 18.2 Å². The molecule has 2 rings (SSSR count). The summed E-state index contributed by atoms with van der Waals surface area (Å²) in [6, 6.07) is 4.88. The molecule has 3 N–H and O–H groups in total. The summed E-state index contributed by atoms with van der Waals surface area (Å²) in [7, 11) is 0. The number of nitrogens with two attached hydrogens (primary N) is 1. The van der Waals surface area contributed by atoms with Gasteiger partial charge in [0, 0.05) is 19.0 Å².